The lowest BCUT2D eigenvalue weighted by atomic mass is 9.73. The Labute approximate surface area is 157 Å². The van der Waals surface area contributed by atoms with E-state index in [0.717, 1.165) is 19.2 Å². The molecule has 1 saturated carbocycles. The maximum absolute atomic E-state index is 14.1. The predicted octanol–water partition coefficient (Wildman–Crippen LogP) is 3.82. The first-order valence-electron chi connectivity index (χ1n) is 8.61. The van der Waals surface area contributed by atoms with E-state index in [1.165, 1.54) is 18.3 Å². The average molecular weight is 398 g/mol. The zero-order chi connectivity index (χ0) is 20.5. The molecule has 2 N–H and O–H groups in total. The Kier molecular flexibility index (Phi) is 5.44. The second-order valence-electron chi connectivity index (χ2n) is 6.73. The molecule has 1 fully saturated rings. The molecular formula is C19H18F4N2O3. The predicted molar refractivity (Wildman–Crippen MR) is 93.6 cm³/mol. The summed E-state index contributed by atoms with van der Waals surface area (Å²) in [6.45, 7) is 0. The van der Waals surface area contributed by atoms with Gasteiger partial charge in [0.05, 0.1) is 13.0 Å². The summed E-state index contributed by atoms with van der Waals surface area (Å²) in [4.78, 5) is 26.5. The fourth-order valence-electron chi connectivity index (χ4n) is 3.59. The Hall–Kier alpha value is -2.84. The van der Waals surface area contributed by atoms with E-state index in [-0.39, 0.29) is 17.7 Å². The van der Waals surface area contributed by atoms with Crippen molar-refractivity contribution in [2.45, 2.75) is 31.1 Å². The molecule has 1 aromatic carbocycles. The Morgan fingerprint density at radius 2 is 2.04 bits per heavy atom. The van der Waals surface area contributed by atoms with Gasteiger partial charge >= 0.3 is 0 Å². The highest BCUT2D eigenvalue weighted by molar-refractivity contribution is 5.93. The van der Waals surface area contributed by atoms with Gasteiger partial charge in [0.25, 0.3) is 0 Å². The van der Waals surface area contributed by atoms with Gasteiger partial charge in [0.2, 0.25) is 23.2 Å². The van der Waals surface area contributed by atoms with Gasteiger partial charge in [-0.25, -0.2) is 13.2 Å². The molecule has 9 heteroatoms. The van der Waals surface area contributed by atoms with E-state index in [9.17, 15) is 27.2 Å². The number of rotatable bonds is 4. The number of pyridine rings is 1. The maximum atomic E-state index is 14.1. The van der Waals surface area contributed by atoms with Crippen LogP contribution in [0.25, 0.3) is 0 Å². The Morgan fingerprint density at radius 3 is 2.71 bits per heavy atom. The number of halogens is 4. The number of carbonyl (C=O) groups is 1. The van der Waals surface area contributed by atoms with Crippen LogP contribution < -0.4 is 15.6 Å². The van der Waals surface area contributed by atoms with Gasteiger partial charge in [-0.1, -0.05) is 6.07 Å². The van der Waals surface area contributed by atoms with E-state index in [1.807, 2.05) is 0 Å². The first-order valence-corrected chi connectivity index (χ1v) is 8.61. The summed E-state index contributed by atoms with van der Waals surface area (Å²) in [7, 11) is 1.14. The van der Waals surface area contributed by atoms with Crippen molar-refractivity contribution in [1.82, 2.24) is 4.98 Å². The first kappa shape index (κ1) is 19.9. The van der Waals surface area contributed by atoms with Crippen LogP contribution in [0, 0.1) is 17.6 Å². The molecule has 2 atom stereocenters. The van der Waals surface area contributed by atoms with Crippen molar-refractivity contribution in [2.75, 3.05) is 12.4 Å². The van der Waals surface area contributed by atoms with E-state index in [1.54, 1.807) is 0 Å². The molecule has 1 aliphatic rings. The number of carbonyl (C=O) groups excluding carboxylic acids is 1. The average Bonchev–Trinajstić information content (AvgIpc) is 2.63. The van der Waals surface area contributed by atoms with Gasteiger partial charge in [0.1, 0.15) is 0 Å². The lowest BCUT2D eigenvalue weighted by Crippen LogP contribution is -2.38. The van der Waals surface area contributed by atoms with Crippen molar-refractivity contribution in [3.63, 3.8) is 0 Å². The number of aromatic nitrogens is 1. The molecule has 2 aromatic rings. The van der Waals surface area contributed by atoms with Crippen LogP contribution in [0.3, 0.4) is 0 Å². The molecule has 0 aliphatic heterocycles. The highest BCUT2D eigenvalue weighted by atomic mass is 19.3. The molecular weight excluding hydrogens is 380 g/mol. The molecule has 0 radical (unpaired) electrons. The number of aromatic amines is 1. The number of amides is 1. The summed E-state index contributed by atoms with van der Waals surface area (Å²) in [6, 6.07) is 4.66. The highest BCUT2D eigenvalue weighted by Gasteiger charge is 2.46. The second-order valence-corrected chi connectivity index (χ2v) is 6.73. The molecule has 3 rings (SSSR count). The van der Waals surface area contributed by atoms with Crippen molar-refractivity contribution in [1.29, 1.82) is 0 Å². The number of hydrogen-bond donors (Lipinski definition) is 2. The van der Waals surface area contributed by atoms with E-state index < -0.39 is 59.5 Å². The molecule has 1 amide bonds. The van der Waals surface area contributed by atoms with Gasteiger partial charge in [-0.15, -0.1) is 0 Å². The van der Waals surface area contributed by atoms with Gasteiger partial charge < -0.3 is 15.0 Å². The van der Waals surface area contributed by atoms with Crippen molar-refractivity contribution >= 4 is 11.6 Å². The Bertz CT molecular complexity index is 945. The van der Waals surface area contributed by atoms with Gasteiger partial charge in [-0.05, 0) is 24.5 Å². The normalized spacial score (nSPS) is 21.2. The molecule has 5 nitrogen and oxygen atoms in total. The molecule has 2 unspecified atom stereocenters. The van der Waals surface area contributed by atoms with Crippen molar-refractivity contribution < 1.29 is 27.1 Å². The van der Waals surface area contributed by atoms with E-state index >= 15 is 0 Å². The smallest absolute Gasteiger partial charge is 0.249 e. The number of alkyl halides is 2. The second kappa shape index (κ2) is 7.65. The number of nitrogens with one attached hydrogen (secondary N) is 2. The third-order valence-electron chi connectivity index (χ3n) is 4.89. The van der Waals surface area contributed by atoms with Crippen molar-refractivity contribution in [3.8, 4) is 5.75 Å². The standard InChI is InChI=1S/C19H18F4N2O3/c1-28-17-12(2-3-14(20)16(17)21)11-4-6-19(22,23)9-13(11)18(27)25-10-5-7-24-15(26)8-10/h2-3,5,7-8,11,13H,4,6,9H2,1H3,(H2,24,25,26,27). The van der Waals surface area contributed by atoms with Gasteiger partial charge in [-0.3, -0.25) is 9.59 Å². The maximum Gasteiger partial charge on any atom is 0.249 e. The molecule has 150 valence electrons. The molecule has 0 spiro atoms. The highest BCUT2D eigenvalue weighted by Crippen LogP contribution is 2.48. The van der Waals surface area contributed by atoms with Crippen molar-refractivity contribution in [3.05, 3.63) is 58.0 Å². The first-order chi connectivity index (χ1) is 13.2. The van der Waals surface area contributed by atoms with Crippen LogP contribution >= 0.6 is 0 Å². The minimum absolute atomic E-state index is 0.109. The molecule has 0 saturated heterocycles. The largest absolute Gasteiger partial charge is 0.493 e. The van der Waals surface area contributed by atoms with Crippen molar-refractivity contribution in [2.24, 2.45) is 5.92 Å². The molecule has 1 heterocycles. The molecule has 28 heavy (non-hydrogen) atoms. The van der Waals surface area contributed by atoms with Crippen LogP contribution in [0.1, 0.15) is 30.7 Å². The van der Waals surface area contributed by atoms with E-state index in [2.05, 4.69) is 10.3 Å². The monoisotopic (exact) mass is 398 g/mol. The van der Waals surface area contributed by atoms with Crippen LogP contribution in [0.15, 0.2) is 35.3 Å². The molecule has 1 aliphatic carbocycles. The SMILES string of the molecule is COc1c(C2CCC(F)(F)CC2C(=O)Nc2cc[nH]c(=O)c2)ccc(F)c1F. The number of methoxy groups -OCH3 is 1. The topological polar surface area (TPSA) is 71.2 Å². The number of anilines is 1. The Balaban J connectivity index is 1.96. The molecule has 0 bridgehead atoms. The number of benzene rings is 1. The van der Waals surface area contributed by atoms with Gasteiger partial charge in [0.15, 0.2) is 11.6 Å². The lowest BCUT2D eigenvalue weighted by Gasteiger charge is -2.36. The summed E-state index contributed by atoms with van der Waals surface area (Å²) >= 11 is 0. The fraction of sp³-hybridized carbons (Fsp3) is 0.368. The number of hydrogen-bond acceptors (Lipinski definition) is 3. The number of H-pyrrole nitrogens is 1. The molecule has 1 aromatic heterocycles. The summed E-state index contributed by atoms with van der Waals surface area (Å²) in [5, 5.41) is 2.45. The summed E-state index contributed by atoms with van der Waals surface area (Å²) in [6.07, 6.45) is -0.0470. The van der Waals surface area contributed by atoms with E-state index in [4.69, 9.17) is 4.74 Å². The third-order valence-corrected chi connectivity index (χ3v) is 4.89. The number of ether oxygens (including phenoxy) is 1. The van der Waals surface area contributed by atoms with Crippen LogP contribution in [-0.2, 0) is 4.79 Å². The Morgan fingerprint density at radius 1 is 1.29 bits per heavy atom. The quantitative estimate of drug-likeness (QED) is 0.770. The zero-order valence-electron chi connectivity index (χ0n) is 14.9. The van der Waals surface area contributed by atoms with Crippen LogP contribution in [0.2, 0.25) is 0 Å². The fourth-order valence-corrected chi connectivity index (χ4v) is 3.59. The lowest BCUT2D eigenvalue weighted by molar-refractivity contribution is -0.128. The summed E-state index contributed by atoms with van der Waals surface area (Å²) < 4.78 is 60.6. The minimum Gasteiger partial charge on any atom is -0.493 e. The summed E-state index contributed by atoms with van der Waals surface area (Å²) in [5.74, 6) is -8.59. The van der Waals surface area contributed by atoms with Gasteiger partial charge in [-0.2, -0.15) is 4.39 Å². The van der Waals surface area contributed by atoms with Gasteiger partial charge in [0, 0.05) is 36.4 Å². The van der Waals surface area contributed by atoms with E-state index in [0.29, 0.717) is 0 Å². The minimum atomic E-state index is -3.07. The van der Waals surface area contributed by atoms with Crippen LogP contribution in [0.4, 0.5) is 23.2 Å². The third kappa shape index (κ3) is 4.02. The van der Waals surface area contributed by atoms with Crippen LogP contribution in [0.5, 0.6) is 5.75 Å². The summed E-state index contributed by atoms with van der Waals surface area (Å²) in [5.41, 5.74) is -0.160. The zero-order valence-corrected chi connectivity index (χ0v) is 14.9. The van der Waals surface area contributed by atoms with Crippen LogP contribution in [-0.4, -0.2) is 23.9 Å².